The van der Waals surface area contributed by atoms with Crippen LogP contribution in [0.2, 0.25) is 0 Å². The number of nitrogens with zero attached hydrogens (tertiary/aromatic N) is 1. The minimum Gasteiger partial charge on any atom is -0.375 e. The molecule has 1 N–H and O–H groups in total. The highest BCUT2D eigenvalue weighted by Crippen LogP contribution is 2.26. The van der Waals surface area contributed by atoms with E-state index in [9.17, 15) is 13.6 Å². The van der Waals surface area contributed by atoms with E-state index in [1.54, 1.807) is 4.90 Å². The maximum absolute atomic E-state index is 13.1. The lowest BCUT2D eigenvalue weighted by Gasteiger charge is -2.34. The third kappa shape index (κ3) is 3.17. The number of halogens is 2. The number of rotatable bonds is 3. The quantitative estimate of drug-likeness (QED) is 0.825. The molecule has 1 amide bonds. The highest BCUT2D eigenvalue weighted by molar-refractivity contribution is 5.82. The number of hydrogen-bond donors (Lipinski definition) is 1. The van der Waals surface area contributed by atoms with Crippen LogP contribution in [-0.4, -0.2) is 55.1 Å². The maximum Gasteiger partial charge on any atom is 0.262 e. The number of hydrogen-bond acceptors (Lipinski definition) is 3. The Morgan fingerprint density at radius 3 is 2.94 bits per heavy atom. The standard InChI is InChI=1S/C12H20F2N2O2/c1-2-3-9-7-16(4-5-18-9)11(17)10-6-12(13,14)8-15-10/h9-10,15H,2-8H2,1H3. The van der Waals surface area contributed by atoms with Crippen LogP contribution in [0.4, 0.5) is 8.78 Å². The summed E-state index contributed by atoms with van der Waals surface area (Å²) in [5.74, 6) is -2.97. The molecule has 2 unspecified atom stereocenters. The monoisotopic (exact) mass is 262 g/mol. The fraction of sp³-hybridized carbons (Fsp3) is 0.917. The van der Waals surface area contributed by atoms with E-state index in [-0.39, 0.29) is 18.4 Å². The van der Waals surface area contributed by atoms with Gasteiger partial charge in [-0.3, -0.25) is 10.1 Å². The van der Waals surface area contributed by atoms with Crippen molar-refractivity contribution in [2.75, 3.05) is 26.2 Å². The minimum absolute atomic E-state index is 0.0506. The van der Waals surface area contributed by atoms with E-state index in [1.165, 1.54) is 0 Å². The average molecular weight is 262 g/mol. The molecular weight excluding hydrogens is 242 g/mol. The van der Waals surface area contributed by atoms with Crippen molar-refractivity contribution in [1.29, 1.82) is 0 Å². The zero-order valence-corrected chi connectivity index (χ0v) is 10.6. The van der Waals surface area contributed by atoms with Gasteiger partial charge < -0.3 is 9.64 Å². The van der Waals surface area contributed by atoms with Crippen LogP contribution in [-0.2, 0) is 9.53 Å². The molecule has 0 bridgehead atoms. The smallest absolute Gasteiger partial charge is 0.262 e. The predicted molar refractivity (Wildman–Crippen MR) is 62.6 cm³/mol. The van der Waals surface area contributed by atoms with Gasteiger partial charge in [-0.05, 0) is 6.42 Å². The van der Waals surface area contributed by atoms with Gasteiger partial charge in [0.25, 0.3) is 5.92 Å². The van der Waals surface area contributed by atoms with Crippen molar-refractivity contribution >= 4 is 5.91 Å². The summed E-state index contributed by atoms with van der Waals surface area (Å²) in [5, 5.41) is 2.61. The number of carbonyl (C=O) groups is 1. The normalized spacial score (nSPS) is 31.6. The minimum atomic E-state index is -2.75. The summed E-state index contributed by atoms with van der Waals surface area (Å²) in [4.78, 5) is 13.8. The van der Waals surface area contributed by atoms with Gasteiger partial charge in [0.2, 0.25) is 5.91 Å². The van der Waals surface area contributed by atoms with Crippen molar-refractivity contribution in [3.63, 3.8) is 0 Å². The first kappa shape index (κ1) is 13.7. The summed E-state index contributed by atoms with van der Waals surface area (Å²) in [6.45, 7) is 3.19. The molecule has 0 saturated carbocycles. The molecule has 0 aromatic heterocycles. The SMILES string of the molecule is CCCC1CN(C(=O)C2CC(F)(F)CN2)CCO1. The molecule has 2 atom stereocenters. The van der Waals surface area contributed by atoms with Crippen LogP contribution in [0.25, 0.3) is 0 Å². The second-order valence-corrected chi connectivity index (χ2v) is 5.06. The molecule has 6 heteroatoms. The first-order chi connectivity index (χ1) is 8.52. The van der Waals surface area contributed by atoms with Crippen molar-refractivity contribution < 1.29 is 18.3 Å². The zero-order valence-electron chi connectivity index (χ0n) is 10.6. The Bertz CT molecular complexity index is 310. The number of morpholine rings is 1. The summed E-state index contributed by atoms with van der Waals surface area (Å²) in [6, 6.07) is -0.736. The summed E-state index contributed by atoms with van der Waals surface area (Å²) in [6.07, 6.45) is 1.56. The second-order valence-electron chi connectivity index (χ2n) is 5.06. The van der Waals surface area contributed by atoms with Crippen LogP contribution < -0.4 is 5.32 Å². The molecule has 2 saturated heterocycles. The van der Waals surface area contributed by atoms with Crippen LogP contribution in [0, 0.1) is 0 Å². The van der Waals surface area contributed by atoms with Crippen molar-refractivity contribution in [3.8, 4) is 0 Å². The van der Waals surface area contributed by atoms with Crippen LogP contribution in [0.5, 0.6) is 0 Å². The van der Waals surface area contributed by atoms with Gasteiger partial charge in [-0.25, -0.2) is 8.78 Å². The molecule has 0 spiro atoms. The van der Waals surface area contributed by atoms with Crippen LogP contribution in [0.3, 0.4) is 0 Å². The van der Waals surface area contributed by atoms with Gasteiger partial charge in [-0.15, -0.1) is 0 Å². The van der Waals surface area contributed by atoms with Crippen LogP contribution in [0.1, 0.15) is 26.2 Å². The highest BCUT2D eigenvalue weighted by atomic mass is 19.3. The Balaban J connectivity index is 1.89. The number of ether oxygens (including phenoxy) is 1. The topological polar surface area (TPSA) is 41.6 Å². The summed E-state index contributed by atoms with van der Waals surface area (Å²) in [7, 11) is 0. The molecule has 0 radical (unpaired) electrons. The number of carbonyl (C=O) groups excluding carboxylic acids is 1. The Kier molecular flexibility index (Phi) is 4.17. The lowest BCUT2D eigenvalue weighted by Crippen LogP contribution is -2.51. The summed E-state index contributed by atoms with van der Waals surface area (Å²) >= 11 is 0. The lowest BCUT2D eigenvalue weighted by molar-refractivity contribution is -0.141. The van der Waals surface area contributed by atoms with E-state index in [0.717, 1.165) is 12.8 Å². The Morgan fingerprint density at radius 2 is 2.33 bits per heavy atom. The molecule has 0 aromatic rings. The fourth-order valence-electron chi connectivity index (χ4n) is 2.53. The molecule has 4 nitrogen and oxygen atoms in total. The molecule has 2 rings (SSSR count). The summed E-state index contributed by atoms with van der Waals surface area (Å²) in [5.41, 5.74) is 0. The third-order valence-electron chi connectivity index (χ3n) is 3.47. The first-order valence-corrected chi connectivity index (χ1v) is 6.53. The molecule has 2 fully saturated rings. The molecule has 0 aliphatic carbocycles. The number of alkyl halides is 2. The highest BCUT2D eigenvalue weighted by Gasteiger charge is 2.44. The summed E-state index contributed by atoms with van der Waals surface area (Å²) < 4.78 is 31.7. The first-order valence-electron chi connectivity index (χ1n) is 6.53. The van der Waals surface area contributed by atoms with Gasteiger partial charge in [-0.1, -0.05) is 13.3 Å². The molecule has 2 heterocycles. The average Bonchev–Trinajstić information content (AvgIpc) is 2.70. The van der Waals surface area contributed by atoms with E-state index >= 15 is 0 Å². The Labute approximate surface area is 106 Å². The van der Waals surface area contributed by atoms with E-state index in [1.807, 2.05) is 0 Å². The molecule has 104 valence electrons. The van der Waals surface area contributed by atoms with Gasteiger partial charge in [-0.2, -0.15) is 0 Å². The molecule has 2 aliphatic rings. The lowest BCUT2D eigenvalue weighted by atomic mass is 10.1. The maximum atomic E-state index is 13.1. The molecular formula is C12H20F2N2O2. The largest absolute Gasteiger partial charge is 0.375 e. The van der Waals surface area contributed by atoms with Crippen LogP contribution >= 0.6 is 0 Å². The van der Waals surface area contributed by atoms with Crippen molar-refractivity contribution in [2.24, 2.45) is 0 Å². The van der Waals surface area contributed by atoms with Gasteiger partial charge in [0.05, 0.1) is 25.3 Å². The zero-order chi connectivity index (χ0) is 13.2. The van der Waals surface area contributed by atoms with E-state index < -0.39 is 18.5 Å². The van der Waals surface area contributed by atoms with Gasteiger partial charge in [0.15, 0.2) is 0 Å². The molecule has 0 aromatic carbocycles. The number of amides is 1. The van der Waals surface area contributed by atoms with Gasteiger partial charge in [0.1, 0.15) is 0 Å². The van der Waals surface area contributed by atoms with Crippen molar-refractivity contribution in [2.45, 2.75) is 44.3 Å². The van der Waals surface area contributed by atoms with Crippen LogP contribution in [0.15, 0.2) is 0 Å². The van der Waals surface area contributed by atoms with E-state index in [0.29, 0.717) is 19.7 Å². The fourth-order valence-corrected chi connectivity index (χ4v) is 2.53. The van der Waals surface area contributed by atoms with E-state index in [2.05, 4.69) is 12.2 Å². The predicted octanol–water partition coefficient (Wildman–Crippen LogP) is 1.01. The molecule has 2 aliphatic heterocycles. The van der Waals surface area contributed by atoms with Gasteiger partial charge >= 0.3 is 0 Å². The second kappa shape index (κ2) is 5.48. The van der Waals surface area contributed by atoms with Crippen molar-refractivity contribution in [3.05, 3.63) is 0 Å². The van der Waals surface area contributed by atoms with Crippen molar-refractivity contribution in [1.82, 2.24) is 10.2 Å². The third-order valence-corrected chi connectivity index (χ3v) is 3.47. The molecule has 18 heavy (non-hydrogen) atoms. The van der Waals surface area contributed by atoms with Gasteiger partial charge in [0, 0.05) is 19.5 Å². The number of nitrogens with one attached hydrogen (secondary N) is 1. The Morgan fingerprint density at radius 1 is 1.56 bits per heavy atom. The van der Waals surface area contributed by atoms with E-state index in [4.69, 9.17) is 4.74 Å². The Hall–Kier alpha value is -0.750.